The zero-order valence-electron chi connectivity index (χ0n) is 12.3. The number of hydrogen-bond donors (Lipinski definition) is 2. The largest absolute Gasteiger partial charge is 0.379 e. The summed E-state index contributed by atoms with van der Waals surface area (Å²) < 4.78 is 10.9. The van der Waals surface area contributed by atoms with Crippen LogP contribution in [0.15, 0.2) is 17.1 Å². The quantitative estimate of drug-likeness (QED) is 0.735. The molecular weight excluding hydrogens is 272 g/mol. The van der Waals surface area contributed by atoms with Crippen LogP contribution in [0.1, 0.15) is 35.3 Å². The first kappa shape index (κ1) is 15.7. The molecule has 0 radical (unpaired) electrons. The molecule has 1 saturated heterocycles. The van der Waals surface area contributed by atoms with Crippen molar-refractivity contribution in [3.8, 4) is 0 Å². The monoisotopic (exact) mass is 294 g/mol. The maximum atomic E-state index is 11.8. The van der Waals surface area contributed by atoms with Crippen LogP contribution < -0.4 is 10.7 Å². The molecule has 1 unspecified atom stereocenters. The number of aromatic nitrogens is 1. The number of aryl methyl sites for hydroxylation is 1. The second-order valence-electron chi connectivity index (χ2n) is 5.21. The summed E-state index contributed by atoms with van der Waals surface area (Å²) in [6, 6.07) is 1.42. The Balaban J connectivity index is 1.61. The van der Waals surface area contributed by atoms with Gasteiger partial charge in [-0.2, -0.15) is 0 Å². The van der Waals surface area contributed by atoms with Gasteiger partial charge in [0.25, 0.3) is 5.91 Å². The van der Waals surface area contributed by atoms with Crippen LogP contribution in [-0.4, -0.2) is 43.4 Å². The Labute approximate surface area is 123 Å². The van der Waals surface area contributed by atoms with E-state index in [4.69, 9.17) is 9.47 Å². The number of pyridine rings is 1. The summed E-state index contributed by atoms with van der Waals surface area (Å²) in [5.74, 6) is -0.352. The van der Waals surface area contributed by atoms with Crippen molar-refractivity contribution < 1.29 is 14.3 Å². The van der Waals surface area contributed by atoms with Crippen LogP contribution in [0.2, 0.25) is 0 Å². The zero-order chi connectivity index (χ0) is 15.1. The summed E-state index contributed by atoms with van der Waals surface area (Å²) in [6.45, 7) is 4.28. The average Bonchev–Trinajstić information content (AvgIpc) is 2.95. The van der Waals surface area contributed by atoms with E-state index < -0.39 is 0 Å². The topological polar surface area (TPSA) is 80.4 Å². The highest BCUT2D eigenvalue weighted by Gasteiger charge is 2.15. The number of ether oxygens (including phenoxy) is 2. The van der Waals surface area contributed by atoms with E-state index >= 15 is 0 Å². The van der Waals surface area contributed by atoms with Gasteiger partial charge >= 0.3 is 0 Å². The maximum absolute atomic E-state index is 11.8. The standard InChI is InChI=1S/C15H22N2O4/c1-11-8-14(18)13(9-17-11)15(19)16-5-3-6-20-10-12-4-2-7-21-12/h8-9,12H,2-7,10H2,1H3,(H,16,19)(H,17,18). The van der Waals surface area contributed by atoms with Gasteiger partial charge in [-0.3, -0.25) is 9.59 Å². The summed E-state index contributed by atoms with van der Waals surface area (Å²) in [5, 5.41) is 2.72. The van der Waals surface area contributed by atoms with Gasteiger partial charge in [0.15, 0.2) is 5.43 Å². The van der Waals surface area contributed by atoms with Gasteiger partial charge in [-0.1, -0.05) is 0 Å². The summed E-state index contributed by atoms with van der Waals surface area (Å²) in [7, 11) is 0. The third kappa shape index (κ3) is 4.99. The Morgan fingerprint density at radius 1 is 1.57 bits per heavy atom. The lowest BCUT2D eigenvalue weighted by Crippen LogP contribution is -2.30. The minimum absolute atomic E-state index is 0.140. The highest BCUT2D eigenvalue weighted by atomic mass is 16.5. The van der Waals surface area contributed by atoms with Gasteiger partial charge < -0.3 is 19.8 Å². The lowest BCUT2D eigenvalue weighted by atomic mass is 10.2. The molecule has 1 amide bonds. The molecule has 1 aliphatic rings. The van der Waals surface area contributed by atoms with Gasteiger partial charge in [0.1, 0.15) is 5.56 Å². The van der Waals surface area contributed by atoms with Crippen molar-refractivity contribution in [3.05, 3.63) is 33.7 Å². The molecule has 1 fully saturated rings. The van der Waals surface area contributed by atoms with Crippen molar-refractivity contribution in [3.63, 3.8) is 0 Å². The highest BCUT2D eigenvalue weighted by molar-refractivity contribution is 5.93. The van der Waals surface area contributed by atoms with E-state index in [0.29, 0.717) is 26.2 Å². The van der Waals surface area contributed by atoms with Gasteiger partial charge in [0.05, 0.1) is 12.7 Å². The van der Waals surface area contributed by atoms with E-state index in [1.54, 1.807) is 6.92 Å². The first-order valence-electron chi connectivity index (χ1n) is 7.33. The molecule has 2 heterocycles. The lowest BCUT2D eigenvalue weighted by molar-refractivity contribution is 0.0166. The lowest BCUT2D eigenvalue weighted by Gasteiger charge is -2.10. The predicted octanol–water partition coefficient (Wildman–Crippen LogP) is 0.999. The SMILES string of the molecule is Cc1cc(=O)c(C(=O)NCCCOCC2CCCO2)c[nH]1. The summed E-state index contributed by atoms with van der Waals surface area (Å²) in [5.41, 5.74) is 0.610. The fraction of sp³-hybridized carbons (Fsp3) is 0.600. The molecule has 0 bridgehead atoms. The van der Waals surface area contributed by atoms with E-state index in [1.165, 1.54) is 12.3 Å². The number of amides is 1. The number of carbonyl (C=O) groups is 1. The molecule has 21 heavy (non-hydrogen) atoms. The van der Waals surface area contributed by atoms with Crippen LogP contribution in [0.25, 0.3) is 0 Å². The minimum Gasteiger partial charge on any atom is -0.379 e. The Hall–Kier alpha value is -1.66. The van der Waals surface area contributed by atoms with Gasteiger partial charge in [-0.05, 0) is 26.2 Å². The van der Waals surface area contributed by atoms with Crippen molar-refractivity contribution in [2.45, 2.75) is 32.3 Å². The van der Waals surface area contributed by atoms with Crippen LogP contribution in [0, 0.1) is 6.92 Å². The highest BCUT2D eigenvalue weighted by Crippen LogP contribution is 2.11. The third-order valence-electron chi connectivity index (χ3n) is 3.38. The van der Waals surface area contributed by atoms with Crippen molar-refractivity contribution in [2.24, 2.45) is 0 Å². The second-order valence-corrected chi connectivity index (χ2v) is 5.21. The molecule has 1 atom stereocenters. The fourth-order valence-electron chi connectivity index (χ4n) is 2.21. The molecule has 6 nitrogen and oxygen atoms in total. The maximum Gasteiger partial charge on any atom is 0.256 e. The molecule has 0 saturated carbocycles. The van der Waals surface area contributed by atoms with E-state index in [2.05, 4.69) is 10.3 Å². The molecule has 116 valence electrons. The van der Waals surface area contributed by atoms with E-state index in [0.717, 1.165) is 25.1 Å². The van der Waals surface area contributed by atoms with E-state index in [9.17, 15) is 9.59 Å². The van der Waals surface area contributed by atoms with Crippen LogP contribution in [0.3, 0.4) is 0 Å². The minimum atomic E-state index is -0.352. The molecule has 0 aromatic carbocycles. The van der Waals surface area contributed by atoms with Crippen molar-refractivity contribution in [2.75, 3.05) is 26.4 Å². The molecule has 1 aromatic rings. The molecule has 2 rings (SSSR count). The average molecular weight is 294 g/mol. The van der Waals surface area contributed by atoms with Gasteiger partial charge in [0, 0.05) is 37.7 Å². The third-order valence-corrected chi connectivity index (χ3v) is 3.38. The summed E-state index contributed by atoms with van der Waals surface area (Å²) in [6.07, 6.45) is 4.55. The van der Waals surface area contributed by atoms with Gasteiger partial charge in [-0.25, -0.2) is 0 Å². The molecule has 1 aromatic heterocycles. The molecule has 0 spiro atoms. The fourth-order valence-corrected chi connectivity index (χ4v) is 2.21. The van der Waals surface area contributed by atoms with Crippen molar-refractivity contribution in [1.29, 1.82) is 0 Å². The zero-order valence-corrected chi connectivity index (χ0v) is 12.3. The van der Waals surface area contributed by atoms with E-state index in [1.807, 2.05) is 0 Å². The predicted molar refractivity (Wildman–Crippen MR) is 78.5 cm³/mol. The molecule has 2 N–H and O–H groups in total. The van der Waals surface area contributed by atoms with Crippen LogP contribution in [0.4, 0.5) is 0 Å². The molecular formula is C15H22N2O4. The smallest absolute Gasteiger partial charge is 0.256 e. The number of H-pyrrole nitrogens is 1. The Kier molecular flexibility index (Phi) is 5.95. The van der Waals surface area contributed by atoms with Gasteiger partial charge in [0.2, 0.25) is 0 Å². The Morgan fingerprint density at radius 2 is 2.43 bits per heavy atom. The number of nitrogens with one attached hydrogen (secondary N) is 2. The van der Waals surface area contributed by atoms with Gasteiger partial charge in [-0.15, -0.1) is 0 Å². The van der Waals surface area contributed by atoms with Crippen molar-refractivity contribution in [1.82, 2.24) is 10.3 Å². The number of carbonyl (C=O) groups excluding carboxylic acids is 1. The Bertz CT molecular complexity index is 521. The molecule has 0 aliphatic carbocycles. The number of hydrogen-bond acceptors (Lipinski definition) is 4. The second kappa shape index (κ2) is 7.95. The molecule has 6 heteroatoms. The number of rotatable bonds is 7. The Morgan fingerprint density at radius 3 is 3.14 bits per heavy atom. The normalized spacial score (nSPS) is 17.9. The summed E-state index contributed by atoms with van der Waals surface area (Å²) in [4.78, 5) is 26.3. The number of aromatic amines is 1. The van der Waals surface area contributed by atoms with Crippen LogP contribution in [0.5, 0.6) is 0 Å². The van der Waals surface area contributed by atoms with Crippen molar-refractivity contribution >= 4 is 5.91 Å². The first-order valence-corrected chi connectivity index (χ1v) is 7.33. The van der Waals surface area contributed by atoms with Crippen LogP contribution in [-0.2, 0) is 9.47 Å². The first-order chi connectivity index (χ1) is 10.2. The molecule has 1 aliphatic heterocycles. The summed E-state index contributed by atoms with van der Waals surface area (Å²) >= 11 is 0. The van der Waals surface area contributed by atoms with Crippen LogP contribution >= 0.6 is 0 Å². The van der Waals surface area contributed by atoms with E-state index in [-0.39, 0.29) is 23.0 Å².